The number of anilines is 3. The third kappa shape index (κ3) is 4.36. The molecule has 4 heterocycles. The molecule has 11 heteroatoms. The van der Waals surface area contributed by atoms with Gasteiger partial charge in [-0.15, -0.1) is 0 Å². The number of pyridine rings is 2. The van der Waals surface area contributed by atoms with Gasteiger partial charge in [0.05, 0.1) is 29.5 Å². The number of fused-ring (bicyclic) bond motifs is 4. The Kier molecular flexibility index (Phi) is 5.54. The topological polar surface area (TPSA) is 87.7 Å². The van der Waals surface area contributed by atoms with Gasteiger partial charge in [0.15, 0.2) is 5.82 Å². The first-order valence-corrected chi connectivity index (χ1v) is 10.8. The number of hydrogen-bond donors (Lipinski definition) is 1. The van der Waals surface area contributed by atoms with Crippen molar-refractivity contribution >= 4 is 29.3 Å². The van der Waals surface area contributed by atoms with E-state index < -0.39 is 35.9 Å². The molecule has 8 nitrogen and oxygen atoms in total. The second-order valence-electron chi connectivity index (χ2n) is 8.25. The summed E-state index contributed by atoms with van der Waals surface area (Å²) in [6.07, 6.45) is -3.57. The SMILES string of the molecule is CC(=O)OC1CN2CC1N(C(=O)Nc1ccccn1)c1nc(-c3cccc(C(F)(F)F)c3)ccc12. The number of benzene rings is 1. The lowest BCUT2D eigenvalue weighted by Crippen LogP contribution is -2.52. The predicted molar refractivity (Wildman–Crippen MR) is 122 cm³/mol. The molecule has 2 unspecified atom stereocenters. The van der Waals surface area contributed by atoms with Crippen LogP contribution in [-0.4, -0.2) is 47.2 Å². The van der Waals surface area contributed by atoms with Gasteiger partial charge in [0, 0.05) is 25.2 Å². The van der Waals surface area contributed by atoms with Crippen molar-refractivity contribution in [2.75, 3.05) is 28.2 Å². The highest BCUT2D eigenvalue weighted by molar-refractivity contribution is 6.04. The van der Waals surface area contributed by atoms with Crippen LogP contribution in [0.5, 0.6) is 0 Å². The summed E-state index contributed by atoms with van der Waals surface area (Å²) >= 11 is 0. The molecular formula is C24H20F3N5O3. The summed E-state index contributed by atoms with van der Waals surface area (Å²) in [6, 6.07) is 12.2. The lowest BCUT2D eigenvalue weighted by atomic mass is 10.1. The van der Waals surface area contributed by atoms with Gasteiger partial charge in [0.2, 0.25) is 0 Å². The number of alkyl halides is 3. The van der Waals surface area contributed by atoms with E-state index in [2.05, 4.69) is 15.3 Å². The van der Waals surface area contributed by atoms with E-state index in [9.17, 15) is 22.8 Å². The van der Waals surface area contributed by atoms with E-state index in [1.165, 1.54) is 30.2 Å². The Bertz CT molecular complexity index is 1280. The van der Waals surface area contributed by atoms with Gasteiger partial charge in [-0.3, -0.25) is 15.0 Å². The normalized spacial score (nSPS) is 18.7. The van der Waals surface area contributed by atoms with Crippen molar-refractivity contribution in [2.45, 2.75) is 25.2 Å². The van der Waals surface area contributed by atoms with Crippen LogP contribution in [0.15, 0.2) is 60.8 Å². The van der Waals surface area contributed by atoms with Crippen LogP contribution >= 0.6 is 0 Å². The molecule has 180 valence electrons. The van der Waals surface area contributed by atoms with Crippen molar-refractivity contribution < 1.29 is 27.5 Å². The van der Waals surface area contributed by atoms with Crippen LogP contribution in [0.25, 0.3) is 11.3 Å². The summed E-state index contributed by atoms with van der Waals surface area (Å²) in [5.74, 6) is 0.104. The lowest BCUT2D eigenvalue weighted by molar-refractivity contribution is -0.145. The first kappa shape index (κ1) is 22.6. The van der Waals surface area contributed by atoms with Crippen LogP contribution < -0.4 is 15.1 Å². The van der Waals surface area contributed by atoms with Crippen LogP contribution in [0.4, 0.5) is 35.3 Å². The maximum atomic E-state index is 13.4. The molecule has 0 radical (unpaired) electrons. The zero-order valence-electron chi connectivity index (χ0n) is 18.5. The average Bonchev–Trinajstić information content (AvgIpc) is 3.16. The molecule has 1 N–H and O–H groups in total. The fraction of sp³-hybridized carbons (Fsp3) is 0.250. The molecule has 3 aromatic rings. The molecule has 2 bridgehead atoms. The van der Waals surface area contributed by atoms with Crippen LogP contribution in [0, 0.1) is 0 Å². The smallest absolute Gasteiger partial charge is 0.416 e. The van der Waals surface area contributed by atoms with Gasteiger partial charge >= 0.3 is 18.2 Å². The largest absolute Gasteiger partial charge is 0.458 e. The summed E-state index contributed by atoms with van der Waals surface area (Å²) in [5.41, 5.74) is 0.356. The summed E-state index contributed by atoms with van der Waals surface area (Å²) in [4.78, 5) is 37.2. The van der Waals surface area contributed by atoms with E-state index in [-0.39, 0.29) is 17.1 Å². The molecule has 2 aromatic heterocycles. The number of ether oxygens (including phenoxy) is 1. The van der Waals surface area contributed by atoms with E-state index in [1.54, 1.807) is 30.3 Å². The molecule has 1 aromatic carbocycles. The zero-order chi connectivity index (χ0) is 24.7. The van der Waals surface area contributed by atoms with Crippen molar-refractivity contribution in [3.63, 3.8) is 0 Å². The number of urea groups is 1. The molecule has 1 saturated heterocycles. The molecule has 1 fully saturated rings. The van der Waals surface area contributed by atoms with Crippen molar-refractivity contribution in [2.24, 2.45) is 0 Å². The predicted octanol–water partition coefficient (Wildman–Crippen LogP) is 4.33. The lowest BCUT2D eigenvalue weighted by Gasteiger charge is -2.36. The minimum Gasteiger partial charge on any atom is -0.458 e. The number of aromatic nitrogens is 2. The van der Waals surface area contributed by atoms with Gasteiger partial charge in [-0.25, -0.2) is 14.8 Å². The third-order valence-corrected chi connectivity index (χ3v) is 5.91. The number of carbonyl (C=O) groups is 2. The molecular weight excluding hydrogens is 463 g/mol. The molecule has 2 aliphatic heterocycles. The van der Waals surface area contributed by atoms with Gasteiger partial charge in [-0.2, -0.15) is 13.2 Å². The Labute approximate surface area is 198 Å². The van der Waals surface area contributed by atoms with Gasteiger partial charge in [-0.1, -0.05) is 18.2 Å². The van der Waals surface area contributed by atoms with Crippen LogP contribution in [-0.2, 0) is 15.7 Å². The Hall–Kier alpha value is -4.15. The number of amides is 2. The zero-order valence-corrected chi connectivity index (χ0v) is 18.5. The van der Waals surface area contributed by atoms with Crippen LogP contribution in [0.3, 0.4) is 0 Å². The summed E-state index contributed by atoms with van der Waals surface area (Å²) < 4.78 is 45.2. The number of nitrogens with one attached hydrogen (secondary N) is 1. The highest BCUT2D eigenvalue weighted by Gasteiger charge is 2.48. The molecule has 2 amide bonds. The molecule has 0 spiro atoms. The molecule has 2 aliphatic rings. The Balaban J connectivity index is 1.56. The number of nitrogens with zero attached hydrogens (tertiary/aromatic N) is 4. The number of rotatable bonds is 3. The summed E-state index contributed by atoms with van der Waals surface area (Å²) in [7, 11) is 0. The molecule has 0 saturated carbocycles. The fourth-order valence-electron chi connectivity index (χ4n) is 4.42. The van der Waals surface area contributed by atoms with Crippen molar-refractivity contribution in [3.05, 3.63) is 66.4 Å². The quantitative estimate of drug-likeness (QED) is 0.558. The molecule has 0 aliphatic carbocycles. The maximum Gasteiger partial charge on any atom is 0.416 e. The van der Waals surface area contributed by atoms with Gasteiger partial charge in [0.25, 0.3) is 0 Å². The Morgan fingerprint density at radius 2 is 1.91 bits per heavy atom. The first-order chi connectivity index (χ1) is 16.7. The summed E-state index contributed by atoms with van der Waals surface area (Å²) in [5, 5.41) is 2.73. The number of esters is 1. The minimum atomic E-state index is -4.50. The molecule has 35 heavy (non-hydrogen) atoms. The van der Waals surface area contributed by atoms with Crippen molar-refractivity contribution in [1.82, 2.24) is 9.97 Å². The van der Waals surface area contributed by atoms with Crippen LogP contribution in [0.2, 0.25) is 0 Å². The molecule has 5 rings (SSSR count). The van der Waals surface area contributed by atoms with E-state index in [0.29, 0.717) is 24.6 Å². The monoisotopic (exact) mass is 483 g/mol. The minimum absolute atomic E-state index is 0.261. The average molecular weight is 483 g/mol. The van der Waals surface area contributed by atoms with E-state index in [0.717, 1.165) is 12.1 Å². The van der Waals surface area contributed by atoms with Crippen LogP contribution in [0.1, 0.15) is 12.5 Å². The van der Waals surface area contributed by atoms with Crippen molar-refractivity contribution in [1.29, 1.82) is 0 Å². The third-order valence-electron chi connectivity index (χ3n) is 5.91. The van der Waals surface area contributed by atoms with Gasteiger partial charge in [0.1, 0.15) is 11.9 Å². The highest BCUT2D eigenvalue weighted by Crippen LogP contribution is 2.41. The van der Waals surface area contributed by atoms with Gasteiger partial charge in [-0.05, 0) is 36.4 Å². The van der Waals surface area contributed by atoms with E-state index in [4.69, 9.17) is 4.74 Å². The number of hydrogen-bond acceptors (Lipinski definition) is 6. The summed E-state index contributed by atoms with van der Waals surface area (Å²) in [6.45, 7) is 2.06. The first-order valence-electron chi connectivity index (χ1n) is 10.8. The van der Waals surface area contributed by atoms with E-state index in [1.807, 2.05) is 4.90 Å². The van der Waals surface area contributed by atoms with Gasteiger partial charge < -0.3 is 9.64 Å². The Morgan fingerprint density at radius 1 is 1.09 bits per heavy atom. The molecule has 2 atom stereocenters. The fourth-order valence-corrected chi connectivity index (χ4v) is 4.42. The maximum absolute atomic E-state index is 13.4. The second kappa shape index (κ2) is 8.57. The van der Waals surface area contributed by atoms with E-state index >= 15 is 0 Å². The second-order valence-corrected chi connectivity index (χ2v) is 8.25. The van der Waals surface area contributed by atoms with Crippen molar-refractivity contribution in [3.8, 4) is 11.3 Å². The number of carbonyl (C=O) groups excluding carboxylic acids is 2. The highest BCUT2D eigenvalue weighted by atomic mass is 19.4. The Morgan fingerprint density at radius 3 is 2.63 bits per heavy atom. The standard InChI is InChI=1S/C24H20F3N5O3/c1-14(33)35-20-13-31-12-19(20)32(23(34)30-21-7-2-3-10-28-21)22-18(31)9-8-17(29-22)15-5-4-6-16(11-15)24(25,26)27/h2-11,19-20H,12-13H2,1H3,(H,28,30,34). The number of halogens is 3.